The predicted octanol–water partition coefficient (Wildman–Crippen LogP) is 4.96. The van der Waals surface area contributed by atoms with Crippen molar-refractivity contribution < 1.29 is 9.90 Å². The van der Waals surface area contributed by atoms with Crippen molar-refractivity contribution in [3.05, 3.63) is 76.1 Å². The zero-order chi connectivity index (χ0) is 25.7. The molecule has 0 radical (unpaired) electrons. The quantitative estimate of drug-likeness (QED) is 0.511. The summed E-state index contributed by atoms with van der Waals surface area (Å²) < 4.78 is 1.99. The van der Waals surface area contributed by atoms with E-state index in [1.54, 1.807) is 17.4 Å². The lowest BCUT2D eigenvalue weighted by atomic mass is 9.78. The zero-order valence-electron chi connectivity index (χ0n) is 21.7. The van der Waals surface area contributed by atoms with Gasteiger partial charge in [0, 0.05) is 46.9 Å². The summed E-state index contributed by atoms with van der Waals surface area (Å²) in [5, 5.41) is 19.7. The predicted molar refractivity (Wildman–Crippen MR) is 137 cm³/mol. The molecule has 1 aromatic carbocycles. The molecule has 4 rings (SSSR count). The Morgan fingerprint density at radius 2 is 1.71 bits per heavy atom. The molecule has 0 fully saturated rings. The van der Waals surface area contributed by atoms with E-state index in [4.69, 9.17) is 10.4 Å². The first-order chi connectivity index (χ1) is 16.3. The molecular formula is C28H35N5O2. The van der Waals surface area contributed by atoms with Crippen molar-refractivity contribution in [1.82, 2.24) is 19.4 Å². The number of amidine groups is 1. The van der Waals surface area contributed by atoms with Crippen LogP contribution >= 0.6 is 0 Å². The van der Waals surface area contributed by atoms with Crippen LogP contribution in [0.1, 0.15) is 85.5 Å². The first-order valence-corrected chi connectivity index (χ1v) is 12.0. The average molecular weight is 474 g/mol. The number of nitrogens with zero attached hydrogens (tertiary/aromatic N) is 4. The molecule has 184 valence electrons. The molecule has 1 aliphatic rings. The molecule has 7 nitrogen and oxygen atoms in total. The van der Waals surface area contributed by atoms with Crippen molar-refractivity contribution in [2.24, 2.45) is 0 Å². The van der Waals surface area contributed by atoms with Crippen LogP contribution < -0.4 is 0 Å². The Labute approximate surface area is 207 Å². The molecule has 1 aliphatic heterocycles. The molecule has 0 saturated heterocycles. The van der Waals surface area contributed by atoms with Crippen molar-refractivity contribution in [1.29, 1.82) is 5.41 Å². The summed E-state index contributed by atoms with van der Waals surface area (Å²) in [7, 11) is 0. The number of benzene rings is 1. The van der Waals surface area contributed by atoms with Crippen LogP contribution in [0.15, 0.2) is 36.9 Å². The Hall–Kier alpha value is -3.48. The number of carbonyl (C=O) groups excluding carboxylic acids is 1. The second kappa shape index (κ2) is 8.63. The monoisotopic (exact) mass is 473 g/mol. The fourth-order valence-electron chi connectivity index (χ4n) is 4.53. The Bertz CT molecular complexity index is 1260. The Kier molecular flexibility index (Phi) is 6.07. The fraction of sp³-hybridized carbons (Fsp3) is 0.429. The van der Waals surface area contributed by atoms with Gasteiger partial charge in [0.05, 0.1) is 19.4 Å². The third-order valence-electron chi connectivity index (χ3n) is 6.59. The highest BCUT2D eigenvalue weighted by Gasteiger charge is 2.31. The van der Waals surface area contributed by atoms with Crippen molar-refractivity contribution >= 4 is 11.6 Å². The molecule has 0 amide bonds. The van der Waals surface area contributed by atoms with E-state index in [9.17, 15) is 9.90 Å². The topological polar surface area (TPSA) is 95.1 Å². The van der Waals surface area contributed by atoms with Gasteiger partial charge in [-0.05, 0) is 41.5 Å². The number of fused-ring (bicyclic) bond motifs is 1. The van der Waals surface area contributed by atoms with Crippen molar-refractivity contribution in [2.75, 3.05) is 6.54 Å². The second-order valence-corrected chi connectivity index (χ2v) is 11.5. The van der Waals surface area contributed by atoms with Gasteiger partial charge in [-0.1, -0.05) is 41.5 Å². The van der Waals surface area contributed by atoms with Crippen molar-refractivity contribution in [2.45, 2.75) is 72.4 Å². The Morgan fingerprint density at radius 1 is 1.09 bits per heavy atom. The van der Waals surface area contributed by atoms with Gasteiger partial charge in [0.2, 0.25) is 0 Å². The van der Waals surface area contributed by atoms with Gasteiger partial charge in [-0.25, -0.2) is 9.97 Å². The number of aromatic hydroxyl groups is 1. The van der Waals surface area contributed by atoms with Gasteiger partial charge in [0.1, 0.15) is 17.3 Å². The molecule has 0 bridgehead atoms. The highest BCUT2D eigenvalue weighted by Crippen LogP contribution is 2.40. The van der Waals surface area contributed by atoms with Crippen LogP contribution in [0.25, 0.3) is 0 Å². The number of nitrogens with one attached hydrogen (secondary N) is 1. The summed E-state index contributed by atoms with van der Waals surface area (Å²) >= 11 is 0. The van der Waals surface area contributed by atoms with E-state index < -0.39 is 0 Å². The largest absolute Gasteiger partial charge is 0.507 e. The summed E-state index contributed by atoms with van der Waals surface area (Å²) in [5.74, 6) is 0.457. The van der Waals surface area contributed by atoms with Crippen LogP contribution in [0.5, 0.6) is 5.75 Å². The first-order valence-electron chi connectivity index (χ1n) is 12.0. The Balaban J connectivity index is 1.61. The van der Waals surface area contributed by atoms with E-state index in [0.717, 1.165) is 27.9 Å². The second-order valence-electron chi connectivity index (χ2n) is 11.5. The lowest BCUT2D eigenvalue weighted by Crippen LogP contribution is -2.31. The molecule has 0 atom stereocenters. The van der Waals surface area contributed by atoms with E-state index >= 15 is 0 Å². The molecule has 0 unspecified atom stereocenters. The number of aryl methyl sites for hydroxylation is 1. The maximum atomic E-state index is 13.5. The van der Waals surface area contributed by atoms with Gasteiger partial charge in [-0.3, -0.25) is 10.2 Å². The fourth-order valence-corrected chi connectivity index (χ4v) is 4.53. The molecule has 35 heavy (non-hydrogen) atoms. The van der Waals surface area contributed by atoms with Crippen LogP contribution in [0.2, 0.25) is 0 Å². The SMILES string of the molecule is Cc1nc2c(cc1Cn1ccnc1)CN(CC(=O)c1cc(C(C)(C)C)c(O)c(C(C)(C)C)c1)C2=N. The van der Waals surface area contributed by atoms with Gasteiger partial charge in [0.15, 0.2) is 5.78 Å². The number of rotatable bonds is 5. The molecule has 0 aliphatic carbocycles. The van der Waals surface area contributed by atoms with E-state index in [-0.39, 0.29) is 34.7 Å². The number of phenols is 1. The van der Waals surface area contributed by atoms with Gasteiger partial charge < -0.3 is 14.6 Å². The molecular weight excluding hydrogens is 438 g/mol. The normalized spacial score (nSPS) is 13.9. The minimum Gasteiger partial charge on any atom is -0.507 e. The van der Waals surface area contributed by atoms with Crippen molar-refractivity contribution in [3.8, 4) is 5.75 Å². The number of hydrogen-bond donors (Lipinski definition) is 2. The van der Waals surface area contributed by atoms with Crippen LogP contribution in [0, 0.1) is 12.3 Å². The minimum absolute atomic E-state index is 0.0751. The summed E-state index contributed by atoms with van der Waals surface area (Å²) in [4.78, 5) is 24.0. The van der Waals surface area contributed by atoms with E-state index in [1.807, 2.05) is 71.4 Å². The molecule has 3 heterocycles. The minimum atomic E-state index is -0.315. The summed E-state index contributed by atoms with van der Waals surface area (Å²) in [5.41, 5.74) is 4.99. The van der Waals surface area contributed by atoms with Crippen LogP contribution in [-0.2, 0) is 23.9 Å². The van der Waals surface area contributed by atoms with E-state index in [2.05, 4.69) is 11.1 Å². The average Bonchev–Trinajstić information content (AvgIpc) is 3.35. The number of ketones is 1. The smallest absolute Gasteiger partial charge is 0.182 e. The molecule has 7 heteroatoms. The summed E-state index contributed by atoms with van der Waals surface area (Å²) in [6.45, 7) is 15.4. The van der Waals surface area contributed by atoms with Crippen molar-refractivity contribution in [3.63, 3.8) is 0 Å². The molecule has 2 aromatic heterocycles. The number of phenolic OH excluding ortho intramolecular Hbond substituents is 1. The van der Waals surface area contributed by atoms with E-state index in [0.29, 0.717) is 24.3 Å². The standard InChI is InChI=1S/C28H35N5O2/c1-17-19(13-32-9-8-30-16-32)10-20-14-33(26(29)24(20)31-17)15-23(34)18-11-21(27(2,3)4)25(35)22(12-18)28(5,6)7/h8-12,16,29,35H,13-15H2,1-7H3. The highest BCUT2D eigenvalue weighted by atomic mass is 16.3. The lowest BCUT2D eigenvalue weighted by Gasteiger charge is -2.28. The molecule has 3 aromatic rings. The number of aromatic nitrogens is 3. The number of imidazole rings is 1. The first kappa shape index (κ1) is 24.6. The molecule has 0 spiro atoms. The van der Waals surface area contributed by atoms with Crippen LogP contribution in [0.3, 0.4) is 0 Å². The van der Waals surface area contributed by atoms with Gasteiger partial charge in [-0.2, -0.15) is 0 Å². The lowest BCUT2D eigenvalue weighted by molar-refractivity contribution is 0.0962. The Morgan fingerprint density at radius 3 is 2.26 bits per heavy atom. The number of pyridine rings is 1. The van der Waals surface area contributed by atoms with Gasteiger partial charge >= 0.3 is 0 Å². The summed E-state index contributed by atoms with van der Waals surface area (Å²) in [6.07, 6.45) is 5.43. The van der Waals surface area contributed by atoms with Gasteiger partial charge in [-0.15, -0.1) is 0 Å². The number of hydrogen-bond acceptors (Lipinski definition) is 5. The van der Waals surface area contributed by atoms with Gasteiger partial charge in [0.25, 0.3) is 0 Å². The summed E-state index contributed by atoms with van der Waals surface area (Å²) in [6, 6.07) is 5.71. The number of carbonyl (C=O) groups is 1. The van der Waals surface area contributed by atoms with Crippen LogP contribution in [0.4, 0.5) is 0 Å². The van der Waals surface area contributed by atoms with E-state index in [1.165, 1.54) is 0 Å². The molecule has 2 N–H and O–H groups in total. The highest BCUT2D eigenvalue weighted by molar-refractivity contribution is 6.04. The maximum Gasteiger partial charge on any atom is 0.182 e. The molecule has 0 saturated carbocycles. The maximum absolute atomic E-state index is 13.5. The number of Topliss-reactive ketones (excluding diaryl/α,β-unsaturated/α-hetero) is 1. The third-order valence-corrected chi connectivity index (χ3v) is 6.59. The third kappa shape index (κ3) is 4.85. The van der Waals surface area contributed by atoms with Crippen LogP contribution in [-0.4, -0.2) is 42.7 Å². The zero-order valence-corrected chi connectivity index (χ0v) is 21.7.